The fourth-order valence-electron chi connectivity index (χ4n) is 3.17. The van der Waals surface area contributed by atoms with Gasteiger partial charge in [0.25, 0.3) is 0 Å². The summed E-state index contributed by atoms with van der Waals surface area (Å²) >= 11 is 0. The SMILES string of the molecule is Cc1ccc(N2CCCS2(=O)=O)cc1NC(=O)C(C)Cc1ccccc1F. The zero-order valence-electron chi connectivity index (χ0n) is 15.4. The molecule has 1 aliphatic heterocycles. The van der Waals surface area contributed by atoms with E-state index in [1.807, 2.05) is 6.92 Å². The van der Waals surface area contributed by atoms with Gasteiger partial charge in [0.2, 0.25) is 15.9 Å². The summed E-state index contributed by atoms with van der Waals surface area (Å²) in [6, 6.07) is 11.6. The molecular formula is C20H23FN2O3S. The normalized spacial score (nSPS) is 16.9. The molecular weight excluding hydrogens is 367 g/mol. The van der Waals surface area contributed by atoms with E-state index < -0.39 is 15.9 Å². The van der Waals surface area contributed by atoms with Gasteiger partial charge in [0, 0.05) is 18.2 Å². The summed E-state index contributed by atoms with van der Waals surface area (Å²) in [7, 11) is -3.28. The van der Waals surface area contributed by atoms with Crippen LogP contribution in [0.15, 0.2) is 42.5 Å². The molecule has 0 aromatic heterocycles. The standard InChI is InChI=1S/C20H23FN2O3S/c1-14-8-9-17(23-10-5-11-27(23,25)26)13-19(14)22-20(24)15(2)12-16-6-3-4-7-18(16)21/h3-4,6-9,13,15H,5,10-12H2,1-2H3,(H,22,24). The lowest BCUT2D eigenvalue weighted by Gasteiger charge is -2.20. The van der Waals surface area contributed by atoms with Crippen LogP contribution < -0.4 is 9.62 Å². The molecule has 27 heavy (non-hydrogen) atoms. The number of hydrogen-bond acceptors (Lipinski definition) is 3. The number of nitrogens with zero attached hydrogens (tertiary/aromatic N) is 1. The van der Waals surface area contributed by atoms with E-state index in [-0.39, 0.29) is 23.9 Å². The Hall–Kier alpha value is -2.41. The summed E-state index contributed by atoms with van der Waals surface area (Å²) in [5, 5.41) is 2.86. The molecule has 0 saturated carbocycles. The molecule has 7 heteroatoms. The molecule has 144 valence electrons. The molecule has 1 atom stereocenters. The van der Waals surface area contributed by atoms with Gasteiger partial charge < -0.3 is 5.32 Å². The van der Waals surface area contributed by atoms with Crippen molar-refractivity contribution >= 4 is 27.3 Å². The van der Waals surface area contributed by atoms with Gasteiger partial charge in [-0.15, -0.1) is 0 Å². The Kier molecular flexibility index (Phi) is 5.51. The predicted octanol–water partition coefficient (Wildman–Crippen LogP) is 3.49. The van der Waals surface area contributed by atoms with E-state index in [1.54, 1.807) is 43.3 Å². The third kappa shape index (κ3) is 4.30. The smallest absolute Gasteiger partial charge is 0.235 e. The van der Waals surface area contributed by atoms with Gasteiger partial charge in [-0.1, -0.05) is 31.2 Å². The van der Waals surface area contributed by atoms with Crippen molar-refractivity contribution < 1.29 is 17.6 Å². The number of benzene rings is 2. The van der Waals surface area contributed by atoms with Crippen molar-refractivity contribution in [1.29, 1.82) is 0 Å². The second-order valence-corrected chi connectivity index (χ2v) is 8.94. The van der Waals surface area contributed by atoms with Gasteiger partial charge in [-0.2, -0.15) is 0 Å². The van der Waals surface area contributed by atoms with Gasteiger partial charge >= 0.3 is 0 Å². The van der Waals surface area contributed by atoms with Crippen molar-refractivity contribution in [3.8, 4) is 0 Å². The number of nitrogens with one attached hydrogen (secondary N) is 1. The maximum atomic E-state index is 13.8. The van der Waals surface area contributed by atoms with Crippen LogP contribution in [-0.4, -0.2) is 26.6 Å². The Balaban J connectivity index is 1.75. The maximum Gasteiger partial charge on any atom is 0.235 e. The van der Waals surface area contributed by atoms with Gasteiger partial charge in [-0.05, 0) is 49.1 Å². The van der Waals surface area contributed by atoms with Crippen LogP contribution >= 0.6 is 0 Å². The van der Waals surface area contributed by atoms with Crippen LogP contribution in [0, 0.1) is 18.7 Å². The molecule has 1 unspecified atom stereocenters. The number of halogens is 1. The third-order valence-electron chi connectivity index (χ3n) is 4.80. The molecule has 2 aromatic rings. The van der Waals surface area contributed by atoms with E-state index >= 15 is 0 Å². The summed E-state index contributed by atoms with van der Waals surface area (Å²) < 4.78 is 39.4. The largest absolute Gasteiger partial charge is 0.326 e. The molecule has 0 radical (unpaired) electrons. The van der Waals surface area contributed by atoms with Crippen molar-refractivity contribution in [2.75, 3.05) is 21.9 Å². The lowest BCUT2D eigenvalue weighted by atomic mass is 9.99. The number of carbonyl (C=O) groups is 1. The molecule has 1 heterocycles. The van der Waals surface area contributed by atoms with E-state index in [0.717, 1.165) is 5.56 Å². The number of hydrogen-bond donors (Lipinski definition) is 1. The van der Waals surface area contributed by atoms with Crippen LogP contribution in [0.5, 0.6) is 0 Å². The third-order valence-corrected chi connectivity index (χ3v) is 6.67. The van der Waals surface area contributed by atoms with Crippen molar-refractivity contribution in [1.82, 2.24) is 0 Å². The van der Waals surface area contributed by atoms with E-state index in [0.29, 0.717) is 29.9 Å². The summed E-state index contributed by atoms with van der Waals surface area (Å²) in [6.07, 6.45) is 0.884. The van der Waals surface area contributed by atoms with E-state index in [9.17, 15) is 17.6 Å². The fourth-order valence-corrected chi connectivity index (χ4v) is 4.73. The maximum absolute atomic E-state index is 13.8. The van der Waals surface area contributed by atoms with Gasteiger partial charge in [-0.25, -0.2) is 12.8 Å². The zero-order valence-corrected chi connectivity index (χ0v) is 16.2. The first kappa shape index (κ1) is 19.4. The van der Waals surface area contributed by atoms with E-state index in [2.05, 4.69) is 5.32 Å². The topological polar surface area (TPSA) is 66.5 Å². The van der Waals surface area contributed by atoms with Crippen molar-refractivity contribution in [3.63, 3.8) is 0 Å². The summed E-state index contributed by atoms with van der Waals surface area (Å²) in [4.78, 5) is 12.6. The van der Waals surface area contributed by atoms with Gasteiger partial charge in [0.15, 0.2) is 0 Å². The molecule has 0 bridgehead atoms. The minimum Gasteiger partial charge on any atom is -0.326 e. The molecule has 5 nitrogen and oxygen atoms in total. The number of amides is 1. The molecule has 1 amide bonds. The Bertz CT molecular complexity index is 959. The first-order valence-electron chi connectivity index (χ1n) is 8.93. The average Bonchev–Trinajstić information content (AvgIpc) is 2.98. The predicted molar refractivity (Wildman–Crippen MR) is 105 cm³/mol. The Labute approximate surface area is 159 Å². The Morgan fingerprint density at radius 1 is 1.26 bits per heavy atom. The number of carbonyl (C=O) groups excluding carboxylic acids is 1. The number of rotatable bonds is 5. The van der Waals surface area contributed by atoms with E-state index in [4.69, 9.17) is 0 Å². The molecule has 1 aliphatic rings. The van der Waals surface area contributed by atoms with E-state index in [1.165, 1.54) is 10.4 Å². The Morgan fingerprint density at radius 3 is 2.67 bits per heavy atom. The zero-order chi connectivity index (χ0) is 19.6. The first-order chi connectivity index (χ1) is 12.8. The quantitative estimate of drug-likeness (QED) is 0.850. The lowest BCUT2D eigenvalue weighted by molar-refractivity contribution is -0.119. The van der Waals surface area contributed by atoms with Crippen LogP contribution in [0.1, 0.15) is 24.5 Å². The summed E-state index contributed by atoms with van der Waals surface area (Å²) in [5.41, 5.74) is 2.45. The molecule has 1 fully saturated rings. The van der Waals surface area contributed by atoms with Crippen LogP contribution in [0.4, 0.5) is 15.8 Å². The summed E-state index contributed by atoms with van der Waals surface area (Å²) in [6.45, 7) is 4.04. The van der Waals surface area contributed by atoms with Crippen LogP contribution in [-0.2, 0) is 21.2 Å². The van der Waals surface area contributed by atoms with Crippen molar-refractivity contribution in [3.05, 3.63) is 59.4 Å². The van der Waals surface area contributed by atoms with Crippen LogP contribution in [0.3, 0.4) is 0 Å². The van der Waals surface area contributed by atoms with Crippen LogP contribution in [0.2, 0.25) is 0 Å². The molecule has 3 rings (SSSR count). The first-order valence-corrected chi connectivity index (χ1v) is 10.5. The highest BCUT2D eigenvalue weighted by atomic mass is 32.2. The lowest BCUT2D eigenvalue weighted by Crippen LogP contribution is -2.26. The molecule has 0 spiro atoms. The number of sulfonamides is 1. The van der Waals surface area contributed by atoms with Crippen molar-refractivity contribution in [2.24, 2.45) is 5.92 Å². The van der Waals surface area contributed by atoms with Crippen LogP contribution in [0.25, 0.3) is 0 Å². The molecule has 0 aliphatic carbocycles. The monoisotopic (exact) mass is 390 g/mol. The molecule has 1 saturated heterocycles. The Morgan fingerprint density at radius 2 is 2.00 bits per heavy atom. The summed E-state index contributed by atoms with van der Waals surface area (Å²) in [5.74, 6) is -0.847. The highest BCUT2D eigenvalue weighted by Crippen LogP contribution is 2.29. The fraction of sp³-hybridized carbons (Fsp3) is 0.350. The second kappa shape index (κ2) is 7.68. The molecule has 2 aromatic carbocycles. The number of aryl methyl sites for hydroxylation is 1. The minimum atomic E-state index is -3.28. The highest BCUT2D eigenvalue weighted by Gasteiger charge is 2.28. The number of anilines is 2. The minimum absolute atomic E-state index is 0.141. The molecule has 1 N–H and O–H groups in total. The van der Waals surface area contributed by atoms with Crippen molar-refractivity contribution in [2.45, 2.75) is 26.7 Å². The van der Waals surface area contributed by atoms with Gasteiger partial charge in [-0.3, -0.25) is 9.10 Å². The second-order valence-electron chi connectivity index (χ2n) is 6.93. The average molecular weight is 390 g/mol. The van der Waals surface area contributed by atoms with Gasteiger partial charge in [0.1, 0.15) is 5.82 Å². The van der Waals surface area contributed by atoms with Gasteiger partial charge in [0.05, 0.1) is 11.4 Å². The highest BCUT2D eigenvalue weighted by molar-refractivity contribution is 7.93.